The molecule has 1 aromatic rings. The average molecular weight is 312 g/mol. The number of anilines is 1. The van der Waals surface area contributed by atoms with Gasteiger partial charge in [0.25, 0.3) is 0 Å². The topological polar surface area (TPSA) is 89.9 Å². The summed E-state index contributed by atoms with van der Waals surface area (Å²) in [6, 6.07) is 3.53. The summed E-state index contributed by atoms with van der Waals surface area (Å²) in [5.41, 5.74) is 0.154. The van der Waals surface area contributed by atoms with Gasteiger partial charge in [-0.15, -0.1) is 0 Å². The molecule has 0 bridgehead atoms. The number of hydrogen-bond donors (Lipinski definition) is 3. The van der Waals surface area contributed by atoms with Crippen LogP contribution in [0.1, 0.15) is 23.7 Å². The van der Waals surface area contributed by atoms with E-state index in [4.69, 9.17) is 5.11 Å². The molecule has 0 aliphatic carbocycles. The van der Waals surface area contributed by atoms with Gasteiger partial charge in [0.05, 0.1) is 11.3 Å². The van der Waals surface area contributed by atoms with E-state index in [0.717, 1.165) is 18.2 Å². The fourth-order valence-corrected chi connectivity index (χ4v) is 2.23. The quantitative estimate of drug-likeness (QED) is 0.703. The molecule has 1 atom stereocenters. The van der Waals surface area contributed by atoms with E-state index in [1.807, 2.05) is 13.2 Å². The lowest BCUT2D eigenvalue weighted by molar-refractivity contribution is 0.0696. The molecule has 0 fully saturated rings. The third-order valence-electron chi connectivity index (χ3n) is 3.21. The summed E-state index contributed by atoms with van der Waals surface area (Å²) in [6.45, 7) is 1.95. The Labute approximate surface area is 128 Å². The number of aromatic carboxylic acids is 1. The largest absolute Gasteiger partial charge is 0.506 e. The molecule has 0 heterocycles. The molecule has 0 aliphatic heterocycles. The standard InChI is InChI=1S/C14H20N2O4S/c1-9(6-7-21-3)16(2)14(20)15-11-5-4-10(13(18)19)8-12(11)17/h4-5,8-9,17H,6-7H2,1-3H3,(H,15,20)(H,18,19). The maximum atomic E-state index is 12.1. The van der Waals surface area contributed by atoms with E-state index in [-0.39, 0.29) is 29.1 Å². The van der Waals surface area contributed by atoms with E-state index in [0.29, 0.717) is 0 Å². The number of hydrogen-bond acceptors (Lipinski definition) is 4. The molecular weight excluding hydrogens is 292 g/mol. The fraction of sp³-hybridized carbons (Fsp3) is 0.429. The molecule has 2 amide bonds. The first kappa shape index (κ1) is 17.2. The predicted octanol–water partition coefficient (Wildman–Crippen LogP) is 2.70. The van der Waals surface area contributed by atoms with Crippen molar-refractivity contribution in [1.29, 1.82) is 0 Å². The Morgan fingerprint density at radius 1 is 1.43 bits per heavy atom. The Kier molecular flexibility index (Phi) is 6.36. The molecule has 0 spiro atoms. The Hall–Kier alpha value is -1.89. The number of benzene rings is 1. The van der Waals surface area contributed by atoms with Gasteiger partial charge in [0.1, 0.15) is 5.75 Å². The fourth-order valence-electron chi connectivity index (χ4n) is 1.66. The minimum atomic E-state index is -1.13. The second-order valence-electron chi connectivity index (χ2n) is 4.71. The van der Waals surface area contributed by atoms with E-state index in [2.05, 4.69) is 5.32 Å². The van der Waals surface area contributed by atoms with Crippen molar-refractivity contribution in [3.05, 3.63) is 23.8 Å². The van der Waals surface area contributed by atoms with Gasteiger partial charge in [-0.2, -0.15) is 11.8 Å². The number of phenols is 1. The Balaban J connectivity index is 2.72. The predicted molar refractivity (Wildman–Crippen MR) is 84.3 cm³/mol. The molecule has 0 saturated carbocycles. The molecule has 1 aromatic carbocycles. The van der Waals surface area contributed by atoms with Gasteiger partial charge in [-0.05, 0) is 43.6 Å². The monoisotopic (exact) mass is 312 g/mol. The van der Waals surface area contributed by atoms with E-state index >= 15 is 0 Å². The lowest BCUT2D eigenvalue weighted by atomic mass is 10.2. The summed E-state index contributed by atoms with van der Waals surface area (Å²) in [6.07, 6.45) is 2.88. The lowest BCUT2D eigenvalue weighted by Gasteiger charge is -2.25. The Morgan fingerprint density at radius 2 is 2.10 bits per heavy atom. The van der Waals surface area contributed by atoms with Gasteiger partial charge in [-0.3, -0.25) is 0 Å². The molecule has 1 unspecified atom stereocenters. The summed E-state index contributed by atoms with van der Waals surface area (Å²) < 4.78 is 0. The molecule has 3 N–H and O–H groups in total. The number of aromatic hydroxyl groups is 1. The number of carbonyl (C=O) groups excluding carboxylic acids is 1. The number of nitrogens with one attached hydrogen (secondary N) is 1. The van der Waals surface area contributed by atoms with Crippen LogP contribution in [0.25, 0.3) is 0 Å². The van der Waals surface area contributed by atoms with Crippen LogP contribution in [-0.2, 0) is 0 Å². The molecular formula is C14H20N2O4S. The van der Waals surface area contributed by atoms with Crippen molar-refractivity contribution in [2.75, 3.05) is 24.4 Å². The number of carbonyl (C=O) groups is 2. The number of thioether (sulfide) groups is 1. The maximum Gasteiger partial charge on any atom is 0.335 e. The number of amides is 2. The molecule has 0 aliphatic rings. The molecule has 0 saturated heterocycles. The summed E-state index contributed by atoms with van der Waals surface area (Å²) in [4.78, 5) is 24.4. The molecule has 0 radical (unpaired) electrons. The number of carboxylic acids is 1. The summed E-state index contributed by atoms with van der Waals surface area (Å²) in [7, 11) is 1.68. The van der Waals surface area contributed by atoms with E-state index < -0.39 is 5.97 Å². The van der Waals surface area contributed by atoms with Crippen molar-refractivity contribution in [1.82, 2.24) is 4.90 Å². The van der Waals surface area contributed by atoms with Gasteiger partial charge >= 0.3 is 12.0 Å². The van der Waals surface area contributed by atoms with Gasteiger partial charge in [0, 0.05) is 13.1 Å². The van der Waals surface area contributed by atoms with Crippen LogP contribution in [0.2, 0.25) is 0 Å². The highest BCUT2D eigenvalue weighted by Gasteiger charge is 2.17. The molecule has 7 heteroatoms. The minimum absolute atomic E-state index is 0.0350. The third-order valence-corrected chi connectivity index (χ3v) is 3.85. The lowest BCUT2D eigenvalue weighted by Crippen LogP contribution is -2.38. The highest BCUT2D eigenvalue weighted by Crippen LogP contribution is 2.24. The van der Waals surface area contributed by atoms with Crippen molar-refractivity contribution in [3.63, 3.8) is 0 Å². The van der Waals surface area contributed by atoms with Crippen LogP contribution in [0.5, 0.6) is 5.75 Å². The average Bonchev–Trinajstić information content (AvgIpc) is 2.45. The van der Waals surface area contributed by atoms with Crippen LogP contribution >= 0.6 is 11.8 Å². The Bertz CT molecular complexity index is 522. The second-order valence-corrected chi connectivity index (χ2v) is 5.69. The van der Waals surface area contributed by atoms with Gasteiger partial charge in [0.2, 0.25) is 0 Å². The van der Waals surface area contributed by atoms with Crippen LogP contribution in [0, 0.1) is 0 Å². The SMILES string of the molecule is CSCCC(C)N(C)C(=O)Nc1ccc(C(=O)O)cc1O. The van der Waals surface area contributed by atoms with E-state index in [1.165, 1.54) is 12.1 Å². The number of phenolic OH excluding ortho intramolecular Hbond substituents is 1. The van der Waals surface area contributed by atoms with Crippen molar-refractivity contribution >= 4 is 29.4 Å². The zero-order chi connectivity index (χ0) is 16.0. The van der Waals surface area contributed by atoms with Crippen LogP contribution in [0.15, 0.2) is 18.2 Å². The van der Waals surface area contributed by atoms with Gasteiger partial charge in [-0.25, -0.2) is 9.59 Å². The van der Waals surface area contributed by atoms with Crippen molar-refractivity contribution in [2.24, 2.45) is 0 Å². The number of rotatable bonds is 6. The number of carboxylic acid groups (broad SMARTS) is 1. The molecule has 21 heavy (non-hydrogen) atoms. The smallest absolute Gasteiger partial charge is 0.335 e. The van der Waals surface area contributed by atoms with Gasteiger partial charge in [0.15, 0.2) is 0 Å². The number of nitrogens with zero attached hydrogens (tertiary/aromatic N) is 1. The first-order valence-electron chi connectivity index (χ1n) is 6.46. The van der Waals surface area contributed by atoms with E-state index in [9.17, 15) is 14.7 Å². The Morgan fingerprint density at radius 3 is 2.62 bits per heavy atom. The summed E-state index contributed by atoms with van der Waals surface area (Å²) in [5, 5.41) is 21.1. The highest BCUT2D eigenvalue weighted by molar-refractivity contribution is 7.98. The van der Waals surface area contributed by atoms with E-state index in [1.54, 1.807) is 23.7 Å². The highest BCUT2D eigenvalue weighted by atomic mass is 32.2. The van der Waals surface area contributed by atoms with Crippen LogP contribution < -0.4 is 5.32 Å². The van der Waals surface area contributed by atoms with Crippen LogP contribution in [-0.4, -0.2) is 52.2 Å². The maximum absolute atomic E-state index is 12.1. The molecule has 0 aromatic heterocycles. The van der Waals surface area contributed by atoms with Crippen LogP contribution in [0.3, 0.4) is 0 Å². The van der Waals surface area contributed by atoms with Crippen molar-refractivity contribution < 1.29 is 19.8 Å². The first-order chi connectivity index (χ1) is 9.86. The second kappa shape index (κ2) is 7.78. The normalized spacial score (nSPS) is 11.8. The van der Waals surface area contributed by atoms with Gasteiger partial charge in [-0.1, -0.05) is 0 Å². The van der Waals surface area contributed by atoms with Crippen molar-refractivity contribution in [3.8, 4) is 5.75 Å². The zero-order valence-electron chi connectivity index (χ0n) is 12.3. The molecule has 1 rings (SSSR count). The van der Waals surface area contributed by atoms with Crippen LogP contribution in [0.4, 0.5) is 10.5 Å². The summed E-state index contributed by atoms with van der Waals surface area (Å²) >= 11 is 1.72. The van der Waals surface area contributed by atoms with Gasteiger partial charge < -0.3 is 20.4 Å². The van der Waals surface area contributed by atoms with Crippen molar-refractivity contribution in [2.45, 2.75) is 19.4 Å². The molecule has 116 valence electrons. The third kappa shape index (κ3) is 4.86. The first-order valence-corrected chi connectivity index (χ1v) is 7.85. The zero-order valence-corrected chi connectivity index (χ0v) is 13.1. The molecule has 6 nitrogen and oxygen atoms in total. The number of urea groups is 1. The minimum Gasteiger partial charge on any atom is -0.506 e. The summed E-state index contributed by atoms with van der Waals surface area (Å²) in [5.74, 6) is -0.448.